The van der Waals surface area contributed by atoms with Crippen LogP contribution >= 0.6 is 12.4 Å². The largest absolute Gasteiger partial charge is 0.330 e. The van der Waals surface area contributed by atoms with Crippen molar-refractivity contribution in [3.8, 4) is 0 Å². The molecule has 1 saturated heterocycles. The maximum absolute atomic E-state index is 5.69. The highest BCUT2D eigenvalue weighted by Gasteiger charge is 2.21. The van der Waals surface area contributed by atoms with Gasteiger partial charge in [-0.2, -0.15) is 0 Å². The third-order valence-electron chi connectivity index (χ3n) is 3.48. The number of benzene rings is 1. The standard InChI is InChI=1S/C14H22N2.ClH/c15-10-9-14-8-4-5-11-16(14)12-13-6-2-1-3-7-13;/h1-3,6-7,14H,4-5,8-12,15H2;1H. The molecule has 2 N–H and O–H groups in total. The maximum Gasteiger partial charge on any atom is 0.0236 e. The molecule has 0 aliphatic carbocycles. The van der Waals surface area contributed by atoms with Gasteiger partial charge in [-0.3, -0.25) is 4.90 Å². The molecular weight excluding hydrogens is 232 g/mol. The van der Waals surface area contributed by atoms with Gasteiger partial charge in [-0.25, -0.2) is 0 Å². The fourth-order valence-corrected chi connectivity index (χ4v) is 2.61. The van der Waals surface area contributed by atoms with E-state index >= 15 is 0 Å². The van der Waals surface area contributed by atoms with Crippen LogP contribution in [-0.4, -0.2) is 24.0 Å². The molecule has 0 amide bonds. The monoisotopic (exact) mass is 254 g/mol. The number of nitrogens with two attached hydrogens (primary N) is 1. The van der Waals surface area contributed by atoms with E-state index in [1.165, 1.54) is 31.4 Å². The molecule has 0 spiro atoms. The lowest BCUT2D eigenvalue weighted by molar-refractivity contribution is 0.134. The summed E-state index contributed by atoms with van der Waals surface area (Å²) in [5, 5.41) is 0. The van der Waals surface area contributed by atoms with Crippen LogP contribution in [0.3, 0.4) is 0 Å². The quantitative estimate of drug-likeness (QED) is 0.895. The fraction of sp³-hybridized carbons (Fsp3) is 0.571. The fourth-order valence-electron chi connectivity index (χ4n) is 2.61. The molecule has 1 fully saturated rings. The first-order chi connectivity index (χ1) is 7.90. The van der Waals surface area contributed by atoms with Gasteiger partial charge in [0.05, 0.1) is 0 Å². The summed E-state index contributed by atoms with van der Waals surface area (Å²) < 4.78 is 0. The van der Waals surface area contributed by atoms with E-state index in [0.717, 1.165) is 19.5 Å². The summed E-state index contributed by atoms with van der Waals surface area (Å²) in [6.45, 7) is 3.14. The third-order valence-corrected chi connectivity index (χ3v) is 3.48. The molecular formula is C14H23ClN2. The maximum atomic E-state index is 5.69. The molecule has 1 heterocycles. The second-order valence-electron chi connectivity index (χ2n) is 4.68. The highest BCUT2D eigenvalue weighted by Crippen LogP contribution is 2.21. The second-order valence-corrected chi connectivity index (χ2v) is 4.68. The Morgan fingerprint density at radius 2 is 1.94 bits per heavy atom. The first kappa shape index (κ1) is 14.5. The number of nitrogens with zero attached hydrogens (tertiary/aromatic N) is 1. The van der Waals surface area contributed by atoms with Crippen molar-refractivity contribution in [2.45, 2.75) is 38.3 Å². The van der Waals surface area contributed by atoms with Crippen molar-refractivity contribution < 1.29 is 0 Å². The predicted molar refractivity (Wildman–Crippen MR) is 75.4 cm³/mol. The van der Waals surface area contributed by atoms with E-state index in [1.807, 2.05) is 0 Å². The van der Waals surface area contributed by atoms with Crippen LogP contribution in [-0.2, 0) is 6.54 Å². The summed E-state index contributed by atoms with van der Waals surface area (Å²) in [6, 6.07) is 11.5. The summed E-state index contributed by atoms with van der Waals surface area (Å²) in [7, 11) is 0. The van der Waals surface area contributed by atoms with Gasteiger partial charge >= 0.3 is 0 Å². The van der Waals surface area contributed by atoms with Crippen molar-refractivity contribution in [1.29, 1.82) is 0 Å². The average molecular weight is 255 g/mol. The van der Waals surface area contributed by atoms with E-state index in [0.29, 0.717) is 6.04 Å². The summed E-state index contributed by atoms with van der Waals surface area (Å²) in [6.07, 6.45) is 5.18. The highest BCUT2D eigenvalue weighted by molar-refractivity contribution is 5.85. The molecule has 1 unspecified atom stereocenters. The number of likely N-dealkylation sites (tertiary alicyclic amines) is 1. The molecule has 17 heavy (non-hydrogen) atoms. The Morgan fingerprint density at radius 3 is 2.65 bits per heavy atom. The van der Waals surface area contributed by atoms with Gasteiger partial charge in [-0.15, -0.1) is 12.4 Å². The summed E-state index contributed by atoms with van der Waals surface area (Å²) in [5.74, 6) is 0. The zero-order valence-electron chi connectivity index (χ0n) is 10.3. The molecule has 2 nitrogen and oxygen atoms in total. The van der Waals surface area contributed by atoms with E-state index in [2.05, 4.69) is 35.2 Å². The van der Waals surface area contributed by atoms with E-state index in [1.54, 1.807) is 0 Å². The zero-order chi connectivity index (χ0) is 11.2. The molecule has 3 heteroatoms. The molecule has 1 aromatic carbocycles. The van der Waals surface area contributed by atoms with Crippen LogP contribution in [0.25, 0.3) is 0 Å². The number of hydrogen-bond acceptors (Lipinski definition) is 2. The van der Waals surface area contributed by atoms with Gasteiger partial charge in [0.1, 0.15) is 0 Å². The van der Waals surface area contributed by atoms with Gasteiger partial charge in [0, 0.05) is 12.6 Å². The molecule has 1 aromatic rings. The lowest BCUT2D eigenvalue weighted by atomic mass is 9.98. The van der Waals surface area contributed by atoms with Crippen LogP contribution < -0.4 is 5.73 Å². The van der Waals surface area contributed by atoms with Crippen molar-refractivity contribution >= 4 is 12.4 Å². The molecule has 1 aliphatic rings. The van der Waals surface area contributed by atoms with Crippen LogP contribution in [0, 0.1) is 0 Å². The molecule has 0 aromatic heterocycles. The van der Waals surface area contributed by atoms with Crippen LogP contribution in [0.5, 0.6) is 0 Å². The van der Waals surface area contributed by atoms with Crippen molar-refractivity contribution in [3.05, 3.63) is 35.9 Å². The van der Waals surface area contributed by atoms with E-state index in [-0.39, 0.29) is 12.4 Å². The Labute approximate surface area is 111 Å². The molecule has 1 aliphatic heterocycles. The van der Waals surface area contributed by atoms with Gasteiger partial charge < -0.3 is 5.73 Å². The average Bonchev–Trinajstić information content (AvgIpc) is 2.33. The lowest BCUT2D eigenvalue weighted by Gasteiger charge is -2.35. The number of rotatable bonds is 4. The van der Waals surface area contributed by atoms with Gasteiger partial charge in [0.15, 0.2) is 0 Å². The van der Waals surface area contributed by atoms with Crippen molar-refractivity contribution in [2.24, 2.45) is 5.73 Å². The van der Waals surface area contributed by atoms with Gasteiger partial charge in [0.2, 0.25) is 0 Å². The summed E-state index contributed by atoms with van der Waals surface area (Å²) in [4.78, 5) is 2.60. The first-order valence-corrected chi connectivity index (χ1v) is 6.38. The van der Waals surface area contributed by atoms with Gasteiger partial charge in [0.25, 0.3) is 0 Å². The van der Waals surface area contributed by atoms with Crippen LogP contribution in [0.15, 0.2) is 30.3 Å². The number of halogens is 1. The smallest absolute Gasteiger partial charge is 0.0236 e. The van der Waals surface area contributed by atoms with E-state index < -0.39 is 0 Å². The Bertz CT molecular complexity index is 300. The molecule has 96 valence electrons. The number of piperidine rings is 1. The summed E-state index contributed by atoms with van der Waals surface area (Å²) >= 11 is 0. The highest BCUT2D eigenvalue weighted by atomic mass is 35.5. The van der Waals surface area contributed by atoms with Gasteiger partial charge in [-0.1, -0.05) is 36.8 Å². The molecule has 0 radical (unpaired) electrons. The third kappa shape index (κ3) is 4.30. The minimum absolute atomic E-state index is 0. The van der Waals surface area contributed by atoms with Crippen molar-refractivity contribution in [2.75, 3.05) is 13.1 Å². The Hall–Kier alpha value is -0.570. The minimum atomic E-state index is 0. The predicted octanol–water partition coefficient (Wildman–Crippen LogP) is 2.81. The Kier molecular flexibility index (Phi) is 6.56. The zero-order valence-corrected chi connectivity index (χ0v) is 11.2. The van der Waals surface area contributed by atoms with Crippen molar-refractivity contribution in [1.82, 2.24) is 4.90 Å². The van der Waals surface area contributed by atoms with Crippen LogP contribution in [0.1, 0.15) is 31.2 Å². The molecule has 0 saturated carbocycles. The minimum Gasteiger partial charge on any atom is -0.330 e. The topological polar surface area (TPSA) is 29.3 Å². The number of hydrogen-bond donors (Lipinski definition) is 1. The van der Waals surface area contributed by atoms with Crippen LogP contribution in [0.4, 0.5) is 0 Å². The van der Waals surface area contributed by atoms with E-state index in [4.69, 9.17) is 5.73 Å². The Balaban J connectivity index is 0.00000144. The van der Waals surface area contributed by atoms with E-state index in [9.17, 15) is 0 Å². The molecule has 1 atom stereocenters. The molecule has 0 bridgehead atoms. The van der Waals surface area contributed by atoms with Gasteiger partial charge in [-0.05, 0) is 37.9 Å². The summed E-state index contributed by atoms with van der Waals surface area (Å²) in [5.41, 5.74) is 7.11. The lowest BCUT2D eigenvalue weighted by Crippen LogP contribution is -2.40. The SMILES string of the molecule is Cl.NCCC1CCCCN1Cc1ccccc1. The molecule has 2 rings (SSSR count). The first-order valence-electron chi connectivity index (χ1n) is 6.38. The van der Waals surface area contributed by atoms with Crippen molar-refractivity contribution in [3.63, 3.8) is 0 Å². The van der Waals surface area contributed by atoms with Crippen LogP contribution in [0.2, 0.25) is 0 Å². The second kappa shape index (κ2) is 7.70. The Morgan fingerprint density at radius 1 is 1.18 bits per heavy atom. The normalized spacial score (nSPS) is 20.9.